The van der Waals surface area contributed by atoms with E-state index in [0.717, 1.165) is 154 Å². The Hall–Kier alpha value is -12.8. The molecule has 0 bridgehead atoms. The van der Waals surface area contributed by atoms with Crippen LogP contribution in [0.5, 0.6) is 0 Å². The predicted molar refractivity (Wildman–Crippen MR) is 438 cm³/mol. The molecule has 12 heteroatoms. The van der Waals surface area contributed by atoms with Gasteiger partial charge in [0.1, 0.15) is 96.1 Å². The molecule has 0 atom stereocenters. The molecule has 0 saturated heterocycles. The maximum absolute atomic E-state index is 14.7. The second kappa shape index (κ2) is 27.5. The van der Waals surface area contributed by atoms with Gasteiger partial charge in [0.05, 0.1) is 22.3 Å². The van der Waals surface area contributed by atoms with Gasteiger partial charge in [-0.1, -0.05) is 159 Å². The van der Waals surface area contributed by atoms with Crippen LogP contribution in [0.25, 0.3) is 176 Å². The Labute approximate surface area is 633 Å². The first-order chi connectivity index (χ1) is 53.1. The summed E-state index contributed by atoms with van der Waals surface area (Å²) >= 11 is 0. The minimum Gasteiger partial charge on any atom is -0.455 e. The smallest absolute Gasteiger partial charge is 0.216 e. The van der Waals surface area contributed by atoms with Crippen LogP contribution in [0.2, 0.25) is 0 Å². The number of aromatic nitrogens is 4. The Balaban J connectivity index is 0.000000107. The number of nitrogens with zero attached hydrogens (tertiary/aromatic N) is 4. The molecule has 540 valence electrons. The molecule has 0 N–H and O–H groups in total. The Bertz CT molecular complexity index is 7220. The highest BCUT2D eigenvalue weighted by molar-refractivity contribution is 6.24. The van der Waals surface area contributed by atoms with E-state index in [1.807, 2.05) is 129 Å². The number of fused-ring (bicyclic) bond motifs is 20. The van der Waals surface area contributed by atoms with Gasteiger partial charge >= 0.3 is 0 Å². The Morgan fingerprint density at radius 2 is 0.573 bits per heavy atom. The Kier molecular flexibility index (Phi) is 17.5. The highest BCUT2D eigenvalue weighted by atomic mass is 19.1. The van der Waals surface area contributed by atoms with Crippen LogP contribution in [0.4, 0.5) is 17.6 Å². The van der Waals surface area contributed by atoms with E-state index in [1.165, 1.54) is 46.5 Å². The van der Waals surface area contributed by atoms with Crippen molar-refractivity contribution in [1.82, 2.24) is 0 Å². The number of rotatable bonds is 5. The summed E-state index contributed by atoms with van der Waals surface area (Å²) in [6.45, 7) is 19.1. The molecule has 0 saturated carbocycles. The van der Waals surface area contributed by atoms with Crippen LogP contribution in [0.3, 0.4) is 0 Å². The molecular weight excluding hydrogens is 1370 g/mol. The van der Waals surface area contributed by atoms with Crippen LogP contribution in [0.1, 0.15) is 64.3 Å². The number of halogens is 4. The fourth-order valence-corrected chi connectivity index (χ4v) is 16.3. The average molecular weight is 1450 g/mol. The van der Waals surface area contributed by atoms with Gasteiger partial charge in [-0.25, -0.2) is 35.8 Å². The molecule has 12 aromatic carbocycles. The quantitative estimate of drug-likeness (QED) is 0.127. The first-order valence-electron chi connectivity index (χ1n) is 37.1. The van der Waals surface area contributed by atoms with E-state index in [0.29, 0.717) is 49.8 Å². The van der Waals surface area contributed by atoms with E-state index < -0.39 is 0 Å². The zero-order chi connectivity index (χ0) is 76.4. The summed E-state index contributed by atoms with van der Waals surface area (Å²) in [6.07, 6.45) is 8.31. The molecule has 8 heterocycles. The van der Waals surface area contributed by atoms with Gasteiger partial charge in [0, 0.05) is 137 Å². The SMILES string of the molecule is Cc1cc(-c2c(C)ccc3c2oc2cc(F)c4ccccc4c23)[n+](C)cc1C.Cc1cc[n+](C)c(-c2c(C)ccc3c2oc2cc(F)c4ccccc4c23)c1.Cc1ccc2c(oc3cc(F)c4ccccc4c32)c1-c1cc(C(C)C)cc[n+]1C.Cc1ccc2c(oc3cc(F)c4ccccc4c32)c1-c1cccc[n+]1C. The van der Waals surface area contributed by atoms with Gasteiger partial charge in [-0.15, -0.1) is 0 Å². The van der Waals surface area contributed by atoms with Crippen LogP contribution >= 0.6 is 0 Å². The van der Waals surface area contributed by atoms with Gasteiger partial charge in [0.15, 0.2) is 24.8 Å². The molecule has 0 radical (unpaired) electrons. The number of furan rings is 4. The van der Waals surface area contributed by atoms with E-state index in [9.17, 15) is 17.6 Å². The fraction of sp³-hybridized carbons (Fsp3) is 0.143. The lowest BCUT2D eigenvalue weighted by atomic mass is 9.96. The van der Waals surface area contributed by atoms with Crippen molar-refractivity contribution in [1.29, 1.82) is 0 Å². The van der Waals surface area contributed by atoms with E-state index in [1.54, 1.807) is 0 Å². The Morgan fingerprint density at radius 1 is 0.264 bits per heavy atom. The molecular formula is C98H80F4N4O4+4. The van der Waals surface area contributed by atoms with Crippen LogP contribution in [0.15, 0.2) is 261 Å². The van der Waals surface area contributed by atoms with E-state index in [2.05, 4.69) is 198 Å². The summed E-state index contributed by atoms with van der Waals surface area (Å²) in [4.78, 5) is 0. The van der Waals surface area contributed by atoms with Crippen molar-refractivity contribution in [3.63, 3.8) is 0 Å². The van der Waals surface area contributed by atoms with Gasteiger partial charge in [0.2, 0.25) is 22.8 Å². The zero-order valence-corrected chi connectivity index (χ0v) is 63.6. The molecule has 0 spiro atoms. The van der Waals surface area contributed by atoms with Crippen molar-refractivity contribution >= 4 is 131 Å². The van der Waals surface area contributed by atoms with Gasteiger partial charge < -0.3 is 17.7 Å². The van der Waals surface area contributed by atoms with Crippen molar-refractivity contribution in [2.45, 2.75) is 68.2 Å². The van der Waals surface area contributed by atoms with Gasteiger partial charge in [-0.3, -0.25) is 0 Å². The summed E-state index contributed by atoms with van der Waals surface area (Å²) in [7, 11) is 8.16. The molecule has 20 rings (SSSR count). The number of hydrogen-bond acceptors (Lipinski definition) is 4. The van der Waals surface area contributed by atoms with Crippen LogP contribution in [-0.4, -0.2) is 0 Å². The second-order valence-electron chi connectivity index (χ2n) is 29.7. The highest BCUT2D eigenvalue weighted by Gasteiger charge is 2.29. The topological polar surface area (TPSA) is 68.1 Å². The lowest BCUT2D eigenvalue weighted by molar-refractivity contribution is -0.660. The van der Waals surface area contributed by atoms with E-state index in [4.69, 9.17) is 17.7 Å². The number of hydrogen-bond donors (Lipinski definition) is 0. The summed E-state index contributed by atoms with van der Waals surface area (Å²) in [5, 5.41) is 14.0. The van der Waals surface area contributed by atoms with E-state index >= 15 is 0 Å². The van der Waals surface area contributed by atoms with Crippen molar-refractivity contribution in [3.05, 3.63) is 311 Å². The lowest BCUT2D eigenvalue weighted by Crippen LogP contribution is -2.31. The third kappa shape index (κ3) is 11.7. The van der Waals surface area contributed by atoms with Crippen LogP contribution < -0.4 is 18.3 Å². The van der Waals surface area contributed by atoms with E-state index in [-0.39, 0.29) is 23.3 Å². The molecule has 8 aromatic heterocycles. The monoisotopic (exact) mass is 1450 g/mol. The second-order valence-corrected chi connectivity index (χ2v) is 29.7. The summed E-state index contributed by atoms with van der Waals surface area (Å²) in [5.41, 5.74) is 23.6. The zero-order valence-electron chi connectivity index (χ0n) is 63.6. The highest BCUT2D eigenvalue weighted by Crippen LogP contribution is 2.46. The van der Waals surface area contributed by atoms with Crippen LogP contribution in [-0.2, 0) is 28.2 Å². The normalized spacial score (nSPS) is 11.8. The molecule has 0 fully saturated rings. The molecule has 8 nitrogen and oxygen atoms in total. The summed E-state index contributed by atoms with van der Waals surface area (Å²) in [6, 6.07) is 70.1. The maximum Gasteiger partial charge on any atom is 0.216 e. The molecule has 0 aliphatic carbocycles. The van der Waals surface area contributed by atoms with Gasteiger partial charge in [0.25, 0.3) is 0 Å². The number of benzene rings is 12. The standard InChI is InChI=1S/C26H23FNO.C25H21FNO.C24H19FNO.C23H17FNO/c1-15(2)17-11-12-28(4)22(13-17)24-16(3)9-10-20-25-19-8-6-5-7-18(19)21(27)14-23(25)29-26(20)24;1-14-9-10-19-24-18-8-6-5-7-17(18)20(26)12-22(24)28-25(19)23(14)21-11-15(2)16(3)13-27(21)4;1-14-10-11-26(3)20(12-14)22-15(2)8-9-18-23-17-7-5-4-6-16(17)19(25)13-21(23)27-24(18)22;1-14-10-11-17-22-16-8-4-3-7-15(16)18(24)13-20(22)26-23(17)21(14)19-9-5-6-12-25(19)2/h5-15H,1-4H3;5-13H,1-4H3;4-13H,1-3H3;3-13H,1-2H3/q4*+1. The molecule has 0 aliphatic rings. The molecule has 0 amide bonds. The molecule has 0 aliphatic heterocycles. The van der Waals surface area contributed by atoms with Crippen molar-refractivity contribution in [2.24, 2.45) is 28.2 Å². The number of aryl methyl sites for hydroxylation is 11. The minimum atomic E-state index is -0.254. The first kappa shape index (κ1) is 70.2. The number of pyridine rings is 4. The summed E-state index contributed by atoms with van der Waals surface area (Å²) < 4.78 is 92.0. The largest absolute Gasteiger partial charge is 0.455 e. The minimum absolute atomic E-state index is 0.252. The van der Waals surface area contributed by atoms with Gasteiger partial charge in [-0.2, -0.15) is 0 Å². The maximum atomic E-state index is 14.7. The predicted octanol–water partition coefficient (Wildman–Crippen LogP) is 24.8. The van der Waals surface area contributed by atoms with Crippen molar-refractivity contribution in [2.75, 3.05) is 0 Å². The van der Waals surface area contributed by atoms with Crippen molar-refractivity contribution in [3.8, 4) is 45.0 Å². The first-order valence-corrected chi connectivity index (χ1v) is 37.1. The molecule has 110 heavy (non-hydrogen) atoms. The third-order valence-electron chi connectivity index (χ3n) is 22.2. The molecule has 20 aromatic rings. The Morgan fingerprint density at radius 3 is 0.927 bits per heavy atom. The average Bonchev–Trinajstić information content (AvgIpc) is 1.59. The van der Waals surface area contributed by atoms with Crippen molar-refractivity contribution < 1.29 is 53.5 Å². The van der Waals surface area contributed by atoms with Crippen LogP contribution in [0, 0.1) is 71.7 Å². The molecule has 0 unspecified atom stereocenters. The summed E-state index contributed by atoms with van der Waals surface area (Å²) in [5.74, 6) is -0.578. The lowest BCUT2D eigenvalue weighted by Gasteiger charge is -2.09. The fourth-order valence-electron chi connectivity index (χ4n) is 16.3. The van der Waals surface area contributed by atoms with Gasteiger partial charge in [-0.05, 0) is 121 Å². The third-order valence-corrected chi connectivity index (χ3v) is 22.2.